The van der Waals surface area contributed by atoms with E-state index < -0.39 is 6.36 Å². The van der Waals surface area contributed by atoms with Crippen molar-refractivity contribution in [3.05, 3.63) is 23.2 Å². The molecule has 1 aromatic carbocycles. The maximum atomic E-state index is 11.7. The summed E-state index contributed by atoms with van der Waals surface area (Å²) in [6, 6.07) is 3.33. The molecule has 2 nitrogen and oxygen atoms in total. The highest BCUT2D eigenvalue weighted by atomic mass is 35.5. The first kappa shape index (κ1) is 13.2. The Bertz CT molecular complexity index is 316. The summed E-state index contributed by atoms with van der Waals surface area (Å²) in [5.41, 5.74) is 5.31. The third kappa shape index (κ3) is 3.93. The second-order valence-electron chi connectivity index (χ2n) is 2.23. The van der Waals surface area contributed by atoms with E-state index in [2.05, 4.69) is 4.74 Å². The summed E-state index contributed by atoms with van der Waals surface area (Å²) < 4.78 is 38.6. The number of rotatable bonds is 1. The lowest BCUT2D eigenvalue weighted by Gasteiger charge is -2.09. The van der Waals surface area contributed by atoms with Gasteiger partial charge in [-0.25, -0.2) is 0 Å². The van der Waals surface area contributed by atoms with Gasteiger partial charge in [-0.1, -0.05) is 11.6 Å². The minimum absolute atomic E-state index is 0. The van der Waals surface area contributed by atoms with Crippen LogP contribution in [0.15, 0.2) is 18.2 Å². The summed E-state index contributed by atoms with van der Waals surface area (Å²) >= 11 is 5.49. The van der Waals surface area contributed by atoms with Gasteiger partial charge in [-0.05, 0) is 12.1 Å². The van der Waals surface area contributed by atoms with Gasteiger partial charge < -0.3 is 10.5 Å². The predicted octanol–water partition coefficient (Wildman–Crippen LogP) is 3.24. The molecular formula is C7H6Cl2F3NO. The molecule has 0 aliphatic heterocycles. The van der Waals surface area contributed by atoms with Gasteiger partial charge in [-0.3, -0.25) is 0 Å². The average Bonchev–Trinajstić information content (AvgIpc) is 1.94. The summed E-state index contributed by atoms with van der Waals surface area (Å²) in [6.45, 7) is 0. The topological polar surface area (TPSA) is 35.2 Å². The van der Waals surface area contributed by atoms with Crippen molar-refractivity contribution in [2.24, 2.45) is 0 Å². The second-order valence-corrected chi connectivity index (χ2v) is 2.64. The van der Waals surface area contributed by atoms with E-state index in [0.717, 1.165) is 12.1 Å². The molecule has 0 aromatic heterocycles. The maximum absolute atomic E-state index is 11.7. The Morgan fingerprint density at radius 3 is 2.29 bits per heavy atom. The van der Waals surface area contributed by atoms with Crippen molar-refractivity contribution in [3.8, 4) is 5.75 Å². The van der Waals surface area contributed by atoms with E-state index in [-0.39, 0.29) is 28.9 Å². The molecule has 0 unspecified atom stereocenters. The number of nitrogens with two attached hydrogens (primary N) is 1. The molecule has 0 saturated carbocycles. The zero-order valence-corrected chi connectivity index (χ0v) is 8.21. The van der Waals surface area contributed by atoms with Crippen molar-refractivity contribution in [2.45, 2.75) is 6.36 Å². The summed E-state index contributed by atoms with van der Waals surface area (Å²) in [5, 5.41) is 0.189. The summed E-state index contributed by atoms with van der Waals surface area (Å²) in [5.74, 6) is -0.380. The van der Waals surface area contributed by atoms with Crippen LogP contribution in [-0.4, -0.2) is 6.36 Å². The van der Waals surface area contributed by atoms with Gasteiger partial charge in [0.2, 0.25) is 0 Å². The molecule has 0 aliphatic rings. The van der Waals surface area contributed by atoms with Crippen molar-refractivity contribution in [1.29, 1.82) is 0 Å². The van der Waals surface area contributed by atoms with E-state index in [9.17, 15) is 13.2 Å². The van der Waals surface area contributed by atoms with Gasteiger partial charge in [0, 0.05) is 6.07 Å². The van der Waals surface area contributed by atoms with E-state index in [1.54, 1.807) is 0 Å². The van der Waals surface area contributed by atoms with Crippen LogP contribution in [0.4, 0.5) is 18.9 Å². The van der Waals surface area contributed by atoms with Crippen LogP contribution in [0.3, 0.4) is 0 Å². The minimum atomic E-state index is -4.71. The molecule has 0 radical (unpaired) electrons. The van der Waals surface area contributed by atoms with E-state index in [1.165, 1.54) is 6.07 Å². The number of nitrogen functional groups attached to an aromatic ring is 1. The van der Waals surface area contributed by atoms with Crippen LogP contribution in [0, 0.1) is 0 Å². The summed E-state index contributed by atoms with van der Waals surface area (Å²) in [7, 11) is 0. The molecule has 1 rings (SSSR count). The molecular weight excluding hydrogens is 242 g/mol. The molecule has 14 heavy (non-hydrogen) atoms. The largest absolute Gasteiger partial charge is 0.573 e. The van der Waals surface area contributed by atoms with Crippen molar-refractivity contribution in [2.75, 3.05) is 5.73 Å². The van der Waals surface area contributed by atoms with E-state index >= 15 is 0 Å². The predicted molar refractivity (Wildman–Crippen MR) is 49.8 cm³/mol. The monoisotopic (exact) mass is 247 g/mol. The van der Waals surface area contributed by atoms with E-state index in [1.807, 2.05) is 0 Å². The van der Waals surface area contributed by atoms with E-state index in [4.69, 9.17) is 17.3 Å². The third-order valence-electron chi connectivity index (χ3n) is 1.20. The SMILES string of the molecule is Cl.Nc1cc(OC(F)(F)F)ccc1Cl. The lowest BCUT2D eigenvalue weighted by Crippen LogP contribution is -2.17. The molecule has 2 N–H and O–H groups in total. The number of alkyl halides is 3. The Morgan fingerprint density at radius 1 is 1.29 bits per heavy atom. The molecule has 0 saturated heterocycles. The molecule has 0 bridgehead atoms. The van der Waals surface area contributed by atoms with Gasteiger partial charge in [0.25, 0.3) is 0 Å². The standard InChI is InChI=1S/C7H5ClF3NO.ClH/c8-5-2-1-4(3-6(5)12)13-7(9,10)11;/h1-3H,12H2;1H. The quantitative estimate of drug-likeness (QED) is 0.774. The number of ether oxygens (including phenoxy) is 1. The molecule has 0 aliphatic carbocycles. The van der Waals surface area contributed by atoms with Crippen molar-refractivity contribution in [3.63, 3.8) is 0 Å². The second kappa shape index (κ2) is 4.61. The molecule has 0 heterocycles. The molecule has 0 spiro atoms. The van der Waals surface area contributed by atoms with Crippen molar-refractivity contribution >= 4 is 29.7 Å². The first-order chi connectivity index (χ1) is 5.88. The highest BCUT2D eigenvalue weighted by Gasteiger charge is 2.31. The van der Waals surface area contributed by atoms with Crippen molar-refractivity contribution in [1.82, 2.24) is 0 Å². The van der Waals surface area contributed by atoms with Gasteiger partial charge >= 0.3 is 6.36 Å². The van der Waals surface area contributed by atoms with Crippen LogP contribution >= 0.6 is 24.0 Å². The lowest BCUT2D eigenvalue weighted by atomic mass is 10.3. The minimum Gasteiger partial charge on any atom is -0.406 e. The Hall–Kier alpha value is -0.810. The highest BCUT2D eigenvalue weighted by molar-refractivity contribution is 6.33. The fraction of sp³-hybridized carbons (Fsp3) is 0.143. The first-order valence-electron chi connectivity index (χ1n) is 3.19. The zero-order valence-electron chi connectivity index (χ0n) is 6.64. The Labute approximate surface area is 89.2 Å². The highest BCUT2D eigenvalue weighted by Crippen LogP contribution is 2.28. The molecule has 7 heteroatoms. The van der Waals surface area contributed by atoms with E-state index in [0.29, 0.717) is 0 Å². The van der Waals surface area contributed by atoms with Crippen LogP contribution in [0.1, 0.15) is 0 Å². The molecule has 0 amide bonds. The Kier molecular flexibility index (Phi) is 4.35. The molecule has 1 aromatic rings. The van der Waals surface area contributed by atoms with Gasteiger partial charge in [-0.15, -0.1) is 25.6 Å². The van der Waals surface area contributed by atoms with Gasteiger partial charge in [-0.2, -0.15) is 0 Å². The fourth-order valence-electron chi connectivity index (χ4n) is 0.719. The van der Waals surface area contributed by atoms with Crippen LogP contribution in [0.2, 0.25) is 5.02 Å². The van der Waals surface area contributed by atoms with Gasteiger partial charge in [0.05, 0.1) is 10.7 Å². The molecule has 0 atom stereocenters. The normalized spacial score (nSPS) is 10.6. The number of hydrogen-bond donors (Lipinski definition) is 1. The number of halogens is 5. The lowest BCUT2D eigenvalue weighted by molar-refractivity contribution is -0.274. The third-order valence-corrected chi connectivity index (χ3v) is 1.55. The smallest absolute Gasteiger partial charge is 0.406 e. The molecule has 0 fully saturated rings. The number of benzene rings is 1. The molecule has 80 valence electrons. The van der Waals surface area contributed by atoms with Crippen LogP contribution < -0.4 is 10.5 Å². The number of hydrogen-bond acceptors (Lipinski definition) is 2. The maximum Gasteiger partial charge on any atom is 0.573 e. The Balaban J connectivity index is 0.00000169. The average molecular weight is 248 g/mol. The fourth-order valence-corrected chi connectivity index (χ4v) is 0.837. The number of anilines is 1. The van der Waals surface area contributed by atoms with Crippen molar-refractivity contribution < 1.29 is 17.9 Å². The Morgan fingerprint density at radius 2 is 1.86 bits per heavy atom. The summed E-state index contributed by atoms with van der Waals surface area (Å²) in [6.07, 6.45) is -4.71. The van der Waals surface area contributed by atoms with Gasteiger partial charge in [0.15, 0.2) is 0 Å². The van der Waals surface area contributed by atoms with Crippen LogP contribution in [-0.2, 0) is 0 Å². The zero-order chi connectivity index (χ0) is 10.1. The first-order valence-corrected chi connectivity index (χ1v) is 3.57. The van der Waals surface area contributed by atoms with Crippen LogP contribution in [0.5, 0.6) is 5.75 Å². The van der Waals surface area contributed by atoms with Crippen LogP contribution in [0.25, 0.3) is 0 Å². The van der Waals surface area contributed by atoms with Gasteiger partial charge in [0.1, 0.15) is 5.75 Å². The summed E-state index contributed by atoms with van der Waals surface area (Å²) in [4.78, 5) is 0.